The number of likely N-dealkylation sites (tertiary alicyclic amines) is 1. The summed E-state index contributed by atoms with van der Waals surface area (Å²) < 4.78 is 15.5. The zero-order valence-corrected chi connectivity index (χ0v) is 26.3. The summed E-state index contributed by atoms with van der Waals surface area (Å²) >= 11 is 6.17. The number of nitrogens with one attached hydrogen (secondary N) is 1. The fourth-order valence-electron chi connectivity index (χ4n) is 8.11. The topological polar surface area (TPSA) is 83.3 Å². The number of hydrogen-bond acceptors (Lipinski definition) is 5. The molecule has 2 saturated carbocycles. The molecule has 0 unspecified atom stereocenters. The number of benzene rings is 2. The van der Waals surface area contributed by atoms with Gasteiger partial charge in [0.25, 0.3) is 0 Å². The molecule has 2 N–H and O–H groups in total. The van der Waals surface area contributed by atoms with Gasteiger partial charge in [0, 0.05) is 30.7 Å². The third kappa shape index (κ3) is 7.19. The molecule has 0 bridgehead atoms. The van der Waals surface area contributed by atoms with Crippen molar-refractivity contribution in [2.75, 3.05) is 13.1 Å². The number of carbonyl (C=O) groups is 1. The second-order valence-electron chi connectivity index (χ2n) is 13.5. The van der Waals surface area contributed by atoms with E-state index < -0.39 is 5.60 Å². The number of nitrogens with zero attached hydrogens (tertiary/aromatic N) is 4. The van der Waals surface area contributed by atoms with Gasteiger partial charge in [-0.3, -0.25) is 9.48 Å². The van der Waals surface area contributed by atoms with E-state index in [1.54, 1.807) is 18.5 Å². The molecule has 2 aliphatic carbocycles. The van der Waals surface area contributed by atoms with E-state index in [4.69, 9.17) is 11.6 Å². The molecule has 44 heavy (non-hydrogen) atoms. The average molecular weight is 622 g/mol. The van der Waals surface area contributed by atoms with Gasteiger partial charge in [0.2, 0.25) is 5.91 Å². The Morgan fingerprint density at radius 2 is 1.66 bits per heavy atom. The Labute approximate surface area is 265 Å². The highest BCUT2D eigenvalue weighted by molar-refractivity contribution is 6.30. The molecular weight excluding hydrogens is 577 g/mol. The Morgan fingerprint density at radius 3 is 2.30 bits per heavy atom. The highest BCUT2D eigenvalue weighted by Gasteiger charge is 2.44. The van der Waals surface area contributed by atoms with Crippen molar-refractivity contribution in [2.24, 2.45) is 11.3 Å². The maximum absolute atomic E-state index is 14.3. The second-order valence-corrected chi connectivity index (χ2v) is 13.9. The number of halogens is 2. The molecule has 0 spiro atoms. The molecule has 3 fully saturated rings. The SMILES string of the molecule is O=C([C@@H](Cc1ccc(Cl)cc1)NC1CCC(O)(c2ccc(F)cc2)CC1)N1CCC(Cn2cncn2)(C2CCCCC2)CC1. The molecule has 1 atom stereocenters. The maximum atomic E-state index is 14.3. The minimum Gasteiger partial charge on any atom is -0.385 e. The number of amides is 1. The normalized spacial score (nSPS) is 25.1. The number of piperidine rings is 1. The third-order valence-corrected chi connectivity index (χ3v) is 11.0. The van der Waals surface area contributed by atoms with Gasteiger partial charge in [0.05, 0.1) is 11.6 Å². The standard InChI is InChI=1S/C35H45ClFN5O2/c36-29-10-6-26(7-11-29)22-32(40-31-14-16-35(44,17-15-31)28-8-12-30(37)13-9-28)33(43)41-20-18-34(19-21-41,23-42-25-38-24-39-42)27-4-2-1-3-5-27/h6-13,24-25,27,31-32,40,44H,1-5,14-23H2/t31?,32-,35?/m1/s1. The first-order chi connectivity index (χ1) is 21.3. The van der Waals surface area contributed by atoms with Gasteiger partial charge >= 0.3 is 0 Å². The Morgan fingerprint density at radius 1 is 0.977 bits per heavy atom. The van der Waals surface area contributed by atoms with E-state index in [0.717, 1.165) is 56.4 Å². The molecule has 2 heterocycles. The van der Waals surface area contributed by atoms with E-state index in [-0.39, 0.29) is 29.2 Å². The van der Waals surface area contributed by atoms with Gasteiger partial charge in [0.15, 0.2) is 0 Å². The molecular formula is C35H45ClFN5O2. The molecule has 1 aliphatic heterocycles. The first-order valence-electron chi connectivity index (χ1n) is 16.4. The van der Waals surface area contributed by atoms with Gasteiger partial charge in [-0.1, -0.05) is 55.1 Å². The summed E-state index contributed by atoms with van der Waals surface area (Å²) in [6.45, 7) is 2.36. The number of rotatable bonds is 9. The van der Waals surface area contributed by atoms with Gasteiger partial charge in [-0.2, -0.15) is 5.10 Å². The number of carbonyl (C=O) groups excluding carboxylic acids is 1. The summed E-state index contributed by atoms with van der Waals surface area (Å²) in [6, 6.07) is 13.7. The third-order valence-electron chi connectivity index (χ3n) is 10.8. The summed E-state index contributed by atoms with van der Waals surface area (Å²) in [5.74, 6) is 0.503. The molecule has 7 nitrogen and oxygen atoms in total. The van der Waals surface area contributed by atoms with Crippen molar-refractivity contribution in [3.8, 4) is 0 Å². The van der Waals surface area contributed by atoms with Crippen molar-refractivity contribution in [1.82, 2.24) is 25.0 Å². The predicted octanol–water partition coefficient (Wildman–Crippen LogP) is 6.29. The fourth-order valence-corrected chi connectivity index (χ4v) is 8.24. The van der Waals surface area contributed by atoms with Crippen molar-refractivity contribution in [3.63, 3.8) is 0 Å². The predicted molar refractivity (Wildman–Crippen MR) is 169 cm³/mol. The van der Waals surface area contributed by atoms with Crippen LogP contribution >= 0.6 is 11.6 Å². The van der Waals surface area contributed by atoms with Gasteiger partial charge in [-0.25, -0.2) is 9.37 Å². The van der Waals surface area contributed by atoms with Gasteiger partial charge < -0.3 is 15.3 Å². The molecule has 3 aliphatic rings. The minimum absolute atomic E-state index is 0.107. The van der Waals surface area contributed by atoms with Crippen molar-refractivity contribution in [1.29, 1.82) is 0 Å². The Kier molecular flexibility index (Phi) is 9.69. The van der Waals surface area contributed by atoms with Gasteiger partial charge in [-0.05, 0) is 105 Å². The van der Waals surface area contributed by atoms with Crippen LogP contribution in [0.1, 0.15) is 81.8 Å². The summed E-state index contributed by atoms with van der Waals surface area (Å²) in [7, 11) is 0. The van der Waals surface area contributed by atoms with Crippen LogP contribution < -0.4 is 5.32 Å². The lowest BCUT2D eigenvalue weighted by molar-refractivity contribution is -0.137. The monoisotopic (exact) mass is 621 g/mol. The molecule has 6 rings (SSSR count). The molecule has 236 valence electrons. The maximum Gasteiger partial charge on any atom is 0.240 e. The van der Waals surface area contributed by atoms with Crippen LogP contribution in [0.2, 0.25) is 5.02 Å². The van der Waals surface area contributed by atoms with Gasteiger partial charge in [-0.15, -0.1) is 0 Å². The Balaban J connectivity index is 1.14. The summed E-state index contributed by atoms with van der Waals surface area (Å²) in [5.41, 5.74) is 0.990. The van der Waals surface area contributed by atoms with Crippen LogP contribution in [0, 0.1) is 17.2 Å². The van der Waals surface area contributed by atoms with E-state index in [1.807, 2.05) is 35.3 Å². The molecule has 1 amide bonds. The molecule has 3 aromatic rings. The van der Waals surface area contributed by atoms with Crippen LogP contribution in [0.25, 0.3) is 0 Å². The van der Waals surface area contributed by atoms with Crippen LogP contribution in [0.5, 0.6) is 0 Å². The zero-order chi connectivity index (χ0) is 30.6. The van der Waals surface area contributed by atoms with E-state index in [2.05, 4.69) is 20.3 Å². The highest BCUT2D eigenvalue weighted by atomic mass is 35.5. The first-order valence-corrected chi connectivity index (χ1v) is 16.8. The highest BCUT2D eigenvalue weighted by Crippen LogP contribution is 2.47. The van der Waals surface area contributed by atoms with E-state index in [9.17, 15) is 14.3 Å². The summed E-state index contributed by atoms with van der Waals surface area (Å²) in [5, 5.41) is 20.2. The number of aromatic nitrogens is 3. The average Bonchev–Trinajstić information content (AvgIpc) is 3.56. The molecule has 1 aromatic heterocycles. The van der Waals surface area contributed by atoms with E-state index in [1.165, 1.54) is 44.2 Å². The van der Waals surface area contributed by atoms with Crippen LogP contribution in [-0.4, -0.2) is 55.9 Å². The lowest BCUT2D eigenvalue weighted by Crippen LogP contribution is -2.56. The van der Waals surface area contributed by atoms with Gasteiger partial charge in [0.1, 0.15) is 18.5 Å². The Hall–Kier alpha value is -2.81. The number of hydrogen-bond donors (Lipinski definition) is 2. The lowest BCUT2D eigenvalue weighted by Gasteiger charge is -2.48. The zero-order valence-electron chi connectivity index (χ0n) is 25.5. The van der Waals surface area contributed by atoms with Crippen molar-refractivity contribution < 1.29 is 14.3 Å². The first kappa shape index (κ1) is 31.2. The van der Waals surface area contributed by atoms with Crippen molar-refractivity contribution >= 4 is 17.5 Å². The van der Waals surface area contributed by atoms with Crippen LogP contribution in [0.3, 0.4) is 0 Å². The quantitative estimate of drug-likeness (QED) is 0.293. The van der Waals surface area contributed by atoms with Crippen LogP contribution in [-0.2, 0) is 23.4 Å². The van der Waals surface area contributed by atoms with E-state index >= 15 is 0 Å². The Bertz CT molecular complexity index is 1340. The van der Waals surface area contributed by atoms with Crippen molar-refractivity contribution in [2.45, 2.75) is 101 Å². The summed E-state index contributed by atoms with van der Waals surface area (Å²) in [4.78, 5) is 20.5. The summed E-state index contributed by atoms with van der Waals surface area (Å²) in [6.07, 6.45) is 15.0. The molecule has 0 radical (unpaired) electrons. The molecule has 1 saturated heterocycles. The fraction of sp³-hybridized carbons (Fsp3) is 0.571. The lowest BCUT2D eigenvalue weighted by atomic mass is 9.63. The second kappa shape index (κ2) is 13.7. The number of aliphatic hydroxyl groups is 1. The minimum atomic E-state index is -0.971. The largest absolute Gasteiger partial charge is 0.385 e. The smallest absolute Gasteiger partial charge is 0.240 e. The van der Waals surface area contributed by atoms with Crippen molar-refractivity contribution in [3.05, 3.63) is 83.2 Å². The van der Waals surface area contributed by atoms with Crippen LogP contribution in [0.15, 0.2) is 61.2 Å². The molecule has 2 aromatic carbocycles. The molecule has 9 heteroatoms. The van der Waals surface area contributed by atoms with Crippen LogP contribution in [0.4, 0.5) is 4.39 Å². The van der Waals surface area contributed by atoms with E-state index in [0.29, 0.717) is 30.2 Å².